The molecular weight excluding hydrogens is 1130 g/mol. The zero-order valence-corrected chi connectivity index (χ0v) is 59.3. The molecule has 2 aliphatic heterocycles. The van der Waals surface area contributed by atoms with Gasteiger partial charge in [0, 0.05) is 17.3 Å². The topological polar surface area (TPSA) is 103 Å². The zero-order chi connectivity index (χ0) is 62.3. The number of ether oxygens (including phenoxy) is 4. The van der Waals surface area contributed by atoms with E-state index in [9.17, 15) is 0 Å². The predicted molar refractivity (Wildman–Crippen MR) is 378 cm³/mol. The number of hydrogen-bond donors (Lipinski definition) is 2. The van der Waals surface area contributed by atoms with Crippen LogP contribution in [0.2, 0.25) is 0 Å². The summed E-state index contributed by atoms with van der Waals surface area (Å²) in [4.78, 5) is 14.1. The molecule has 1 aromatic heterocycles. The van der Waals surface area contributed by atoms with Crippen molar-refractivity contribution in [2.75, 3.05) is 26.4 Å². The van der Waals surface area contributed by atoms with Gasteiger partial charge in [-0.15, -0.1) is 0 Å². The van der Waals surface area contributed by atoms with Crippen LogP contribution in [0.3, 0.4) is 0 Å². The van der Waals surface area contributed by atoms with Gasteiger partial charge in [-0.1, -0.05) is 253 Å². The fourth-order valence-electron chi connectivity index (χ4n) is 11.9. The molecule has 8 nitrogen and oxygen atoms in total. The van der Waals surface area contributed by atoms with Crippen molar-refractivity contribution in [1.82, 2.24) is 4.98 Å². The van der Waals surface area contributed by atoms with Crippen LogP contribution >= 0.6 is 0 Å². The normalized spacial score (nSPS) is 14.2. The molecule has 0 bridgehead atoms. The van der Waals surface area contributed by atoms with Crippen molar-refractivity contribution in [2.45, 2.75) is 285 Å². The summed E-state index contributed by atoms with van der Waals surface area (Å²) in [5.74, 6) is 3.24. The number of nitrogens with two attached hydrogens (primary N) is 1. The molecule has 0 atom stereocenters. The number of hydrogen-bond acceptors (Lipinski definition) is 7. The van der Waals surface area contributed by atoms with Gasteiger partial charge in [0.2, 0.25) is 0 Å². The van der Waals surface area contributed by atoms with Crippen LogP contribution in [-0.4, -0.2) is 47.4 Å². The van der Waals surface area contributed by atoms with Gasteiger partial charge in [0.1, 0.15) is 11.5 Å². The van der Waals surface area contributed by atoms with Gasteiger partial charge in [-0.3, -0.25) is 0 Å². The molecule has 88 heavy (non-hydrogen) atoms. The summed E-state index contributed by atoms with van der Waals surface area (Å²) < 4.78 is 28.5. The molecule has 3 aromatic rings. The number of aromatic nitrogens is 1. The van der Waals surface area contributed by atoms with Gasteiger partial charge < -0.3 is 15.2 Å². The van der Waals surface area contributed by atoms with Gasteiger partial charge in [-0.25, -0.2) is 0 Å². The Morgan fingerprint density at radius 2 is 0.807 bits per heavy atom. The minimum absolute atomic E-state index is 0.549. The Labute approximate surface area is 546 Å². The van der Waals surface area contributed by atoms with Crippen molar-refractivity contribution in [1.29, 1.82) is 0 Å². The molecule has 3 N–H and O–H groups in total. The van der Waals surface area contributed by atoms with Crippen LogP contribution in [0.25, 0.3) is 17.2 Å². The maximum atomic E-state index is 6.89. The molecule has 5 rings (SSSR count). The Kier molecular flexibility index (Phi) is 40.1. The van der Waals surface area contributed by atoms with Crippen molar-refractivity contribution >= 4 is 33.3 Å². The van der Waals surface area contributed by atoms with Gasteiger partial charge in [0.25, 0.3) is 0 Å². The second-order valence-corrected chi connectivity index (χ2v) is 26.0. The van der Waals surface area contributed by atoms with Gasteiger partial charge in [-0.05, 0) is 36.6 Å². The number of aromatic amines is 1. The maximum absolute atomic E-state index is 6.89. The van der Waals surface area contributed by atoms with Gasteiger partial charge in [0.05, 0.1) is 13.2 Å². The molecular formula is C79H120N4O4Zn. The number of nitrogens with zero attached hydrogens (tertiary/aromatic N) is 2. The molecule has 0 unspecified atom stereocenters. The third-order valence-corrected chi connectivity index (χ3v) is 18.1. The van der Waals surface area contributed by atoms with Crippen LogP contribution in [0.5, 0.6) is 23.0 Å². The third kappa shape index (κ3) is 30.7. The van der Waals surface area contributed by atoms with Gasteiger partial charge in [-0.2, -0.15) is 0 Å². The van der Waals surface area contributed by atoms with Gasteiger partial charge >= 0.3 is 203 Å². The van der Waals surface area contributed by atoms with Crippen LogP contribution in [0.4, 0.5) is 0 Å². The van der Waals surface area contributed by atoms with Crippen LogP contribution in [0.1, 0.15) is 307 Å². The summed E-state index contributed by atoms with van der Waals surface area (Å²) in [5, 5.41) is 0. The van der Waals surface area contributed by atoms with E-state index in [1.54, 1.807) is 6.08 Å². The summed E-state index contributed by atoms with van der Waals surface area (Å²) in [6, 6.07) is 17.0. The van der Waals surface area contributed by atoms with Crippen molar-refractivity contribution in [3.63, 3.8) is 0 Å². The molecule has 0 saturated heterocycles. The first-order chi connectivity index (χ1) is 43.4. The van der Waals surface area contributed by atoms with Crippen LogP contribution in [0.15, 0.2) is 113 Å². The van der Waals surface area contributed by atoms with E-state index in [1.807, 2.05) is 6.07 Å². The SMILES string of the molecule is C=C/C(N)=C(/C1=NC(=Cc2ccc(/C(=C3/C=CC([CH]=[Zn])=N3)c3cc(OCCCCCCCCCCCC)cc(OCCCCCCCCCCCC)c3)[nH]2)C=C1)c1cc(OCCCCCCCCCCCC)cc(OCCCCCCCCCCCC)c1. The Bertz CT molecular complexity index is 2540. The average molecular weight is 1260 g/mol. The number of unbranched alkanes of at least 4 members (excludes halogenated alkanes) is 36. The summed E-state index contributed by atoms with van der Waals surface area (Å²) in [6.07, 6.45) is 63.7. The third-order valence-electron chi connectivity index (χ3n) is 17.2. The average Bonchev–Trinajstić information content (AvgIpc) is 3.93. The molecule has 482 valence electrons. The van der Waals surface area contributed by atoms with E-state index in [0.29, 0.717) is 32.1 Å². The van der Waals surface area contributed by atoms with Crippen LogP contribution in [-0.2, 0) is 17.9 Å². The molecule has 0 amide bonds. The first-order valence-corrected chi connectivity index (χ1v) is 37.9. The number of nitrogens with one attached hydrogen (secondary N) is 1. The Morgan fingerprint density at radius 1 is 0.443 bits per heavy atom. The molecule has 0 saturated carbocycles. The van der Waals surface area contributed by atoms with E-state index in [4.69, 9.17) is 34.7 Å². The Hall–Kier alpha value is -5.01. The first-order valence-electron chi connectivity index (χ1n) is 36.2. The number of H-pyrrole nitrogens is 1. The Balaban J connectivity index is 1.33. The number of allylic oxidation sites excluding steroid dienone is 6. The predicted octanol–water partition coefficient (Wildman–Crippen LogP) is 23.2. The fraction of sp³-hybridized carbons (Fsp3) is 0.608. The van der Waals surface area contributed by atoms with E-state index >= 15 is 0 Å². The van der Waals surface area contributed by atoms with Gasteiger partial charge in [0.15, 0.2) is 0 Å². The van der Waals surface area contributed by atoms with E-state index in [1.165, 1.54) is 231 Å². The van der Waals surface area contributed by atoms with Crippen molar-refractivity contribution in [2.24, 2.45) is 15.7 Å². The standard InChI is InChI=1S/C79H120N4O4.Zn/c1-7-12-16-20-24-28-32-36-40-44-54-84-70-58-66(59-71(63-70)85-55-45-41-37-33-29-25-21-17-13-8-2)78(74(80)11-5)75-52-49-68(82-75)62-69-50-53-77(83-69)79(76-51-48-65(6)81-76)67-60-72(86-56-46-42-38-34-30-26-22-18-14-9-3)64-73(61-67)87-57-47-43-39-35-31-27-23-19-15-10-4;/h6,11,48-53,58-64,83H,5,7-10,12-47,54-57,80H2,1-4H3;/b68-62?,78-74-,79-76-;. The van der Waals surface area contributed by atoms with E-state index in [-0.39, 0.29) is 0 Å². The molecule has 9 heteroatoms. The number of benzene rings is 2. The van der Waals surface area contributed by atoms with E-state index < -0.39 is 0 Å². The summed E-state index contributed by atoms with van der Waals surface area (Å²) >= 11 is 1.03. The summed E-state index contributed by atoms with van der Waals surface area (Å²) in [7, 11) is 0. The van der Waals surface area contributed by atoms with Crippen LogP contribution in [0, 0.1) is 0 Å². The Morgan fingerprint density at radius 3 is 1.16 bits per heavy atom. The minimum atomic E-state index is 0.549. The minimum Gasteiger partial charge on any atom is -0.493 e. The second-order valence-electron chi connectivity index (χ2n) is 25.1. The molecule has 0 radical (unpaired) electrons. The first kappa shape index (κ1) is 73.7. The fourth-order valence-corrected chi connectivity index (χ4v) is 12.4. The monoisotopic (exact) mass is 1250 g/mol. The second kappa shape index (κ2) is 47.9. The summed E-state index contributed by atoms with van der Waals surface area (Å²) in [5.41, 5.74) is 16.5. The molecule has 0 fully saturated rings. The number of rotatable bonds is 55. The van der Waals surface area contributed by atoms with Crippen molar-refractivity contribution < 1.29 is 36.8 Å². The molecule has 0 aliphatic carbocycles. The summed E-state index contributed by atoms with van der Waals surface area (Å²) in [6.45, 7) is 16.0. The van der Waals surface area contributed by atoms with E-state index in [0.717, 1.165) is 123 Å². The molecule has 2 aromatic carbocycles. The van der Waals surface area contributed by atoms with Crippen LogP contribution < -0.4 is 24.7 Å². The molecule has 2 aliphatic rings. The van der Waals surface area contributed by atoms with Crippen molar-refractivity contribution in [3.05, 3.63) is 125 Å². The van der Waals surface area contributed by atoms with E-state index in [2.05, 4.69) is 117 Å². The quantitative estimate of drug-likeness (QED) is 0.0333. The van der Waals surface area contributed by atoms with Crippen molar-refractivity contribution in [3.8, 4) is 23.0 Å². The number of aliphatic imine (C=N–C) groups is 2. The molecule has 0 spiro atoms. The molecule has 3 heterocycles. The smallest absolute Gasteiger partial charge is 0.493 e. The zero-order valence-electron chi connectivity index (χ0n) is 56.3.